The van der Waals surface area contributed by atoms with Crippen LogP contribution in [0.15, 0.2) is 76.2 Å². The van der Waals surface area contributed by atoms with Gasteiger partial charge in [0.15, 0.2) is 5.76 Å². The number of nitrogens with zero attached hydrogens (tertiary/aromatic N) is 1. The lowest BCUT2D eigenvalue weighted by atomic mass is 10.0. The Bertz CT molecular complexity index is 968. The zero-order chi connectivity index (χ0) is 19.3. The van der Waals surface area contributed by atoms with Gasteiger partial charge in [-0.2, -0.15) is 0 Å². The topological polar surface area (TPSA) is 62.6 Å². The van der Waals surface area contributed by atoms with E-state index in [1.807, 2.05) is 47.4 Å². The van der Waals surface area contributed by atoms with Crippen molar-refractivity contribution in [3.8, 4) is 0 Å². The van der Waals surface area contributed by atoms with Crippen LogP contribution in [0.3, 0.4) is 0 Å². The fourth-order valence-electron chi connectivity index (χ4n) is 3.25. The Balaban J connectivity index is 1.34. The summed E-state index contributed by atoms with van der Waals surface area (Å²) in [4.78, 5) is 27.6. The maximum atomic E-state index is 12.7. The molecule has 0 fully saturated rings. The van der Waals surface area contributed by atoms with Gasteiger partial charge in [0.05, 0.1) is 12.0 Å². The van der Waals surface area contributed by atoms with Crippen LogP contribution in [-0.2, 0) is 11.2 Å². The summed E-state index contributed by atoms with van der Waals surface area (Å²) in [6.07, 6.45) is 3.49. The molecule has 5 nitrogen and oxygen atoms in total. The number of hydrogen-bond donors (Lipinski definition) is 1. The van der Waals surface area contributed by atoms with Gasteiger partial charge in [0, 0.05) is 22.8 Å². The van der Waals surface area contributed by atoms with E-state index in [0.29, 0.717) is 11.4 Å². The van der Waals surface area contributed by atoms with Crippen molar-refractivity contribution < 1.29 is 14.0 Å². The quantitative estimate of drug-likeness (QED) is 0.645. The van der Waals surface area contributed by atoms with Gasteiger partial charge in [0.1, 0.15) is 0 Å². The van der Waals surface area contributed by atoms with E-state index in [2.05, 4.69) is 11.4 Å². The van der Waals surface area contributed by atoms with E-state index in [1.54, 1.807) is 12.1 Å². The van der Waals surface area contributed by atoms with Crippen LogP contribution in [-0.4, -0.2) is 24.1 Å². The number of hydrogen-bond acceptors (Lipinski definition) is 4. The van der Waals surface area contributed by atoms with Gasteiger partial charge in [-0.05, 0) is 60.9 Å². The Labute approximate surface area is 167 Å². The molecular formula is C22H20N2O3S. The van der Waals surface area contributed by atoms with Crippen molar-refractivity contribution in [2.24, 2.45) is 0 Å². The predicted octanol–water partition coefficient (Wildman–Crippen LogP) is 4.60. The molecule has 1 aliphatic rings. The summed E-state index contributed by atoms with van der Waals surface area (Å²) in [5, 5.41) is 2.78. The largest absolute Gasteiger partial charge is 0.459 e. The summed E-state index contributed by atoms with van der Waals surface area (Å²) in [5.41, 5.74) is 2.96. The van der Waals surface area contributed by atoms with Gasteiger partial charge in [0.2, 0.25) is 5.91 Å². The highest BCUT2D eigenvalue weighted by Crippen LogP contribution is 2.28. The lowest BCUT2D eigenvalue weighted by Gasteiger charge is -2.29. The fourth-order valence-corrected chi connectivity index (χ4v) is 4.03. The normalized spacial score (nSPS) is 13.1. The number of amides is 2. The second-order valence-electron chi connectivity index (χ2n) is 6.52. The molecule has 0 saturated carbocycles. The molecule has 0 atom stereocenters. The third-order valence-corrected chi connectivity index (χ3v) is 5.63. The summed E-state index contributed by atoms with van der Waals surface area (Å²) in [6.45, 7) is 0.772. The lowest BCUT2D eigenvalue weighted by molar-refractivity contribution is -0.116. The number of carbonyl (C=O) groups is 2. The van der Waals surface area contributed by atoms with E-state index >= 15 is 0 Å². The van der Waals surface area contributed by atoms with Gasteiger partial charge in [-0.1, -0.05) is 18.2 Å². The first-order valence-corrected chi connectivity index (χ1v) is 10.2. The molecule has 0 bridgehead atoms. The average molecular weight is 392 g/mol. The van der Waals surface area contributed by atoms with Crippen molar-refractivity contribution in [1.82, 2.24) is 0 Å². The molecule has 2 aromatic carbocycles. The van der Waals surface area contributed by atoms with Gasteiger partial charge < -0.3 is 14.6 Å². The second kappa shape index (κ2) is 8.35. The van der Waals surface area contributed by atoms with E-state index in [4.69, 9.17) is 4.42 Å². The zero-order valence-electron chi connectivity index (χ0n) is 15.3. The molecule has 2 amide bonds. The van der Waals surface area contributed by atoms with Crippen LogP contribution < -0.4 is 10.2 Å². The predicted molar refractivity (Wildman–Crippen MR) is 111 cm³/mol. The molecular weight excluding hydrogens is 372 g/mol. The Morgan fingerprint density at radius 2 is 1.86 bits per heavy atom. The summed E-state index contributed by atoms with van der Waals surface area (Å²) in [7, 11) is 0. The second-order valence-corrected chi connectivity index (χ2v) is 7.57. The van der Waals surface area contributed by atoms with Crippen molar-refractivity contribution in [1.29, 1.82) is 0 Å². The van der Waals surface area contributed by atoms with Crippen molar-refractivity contribution in [2.75, 3.05) is 22.5 Å². The van der Waals surface area contributed by atoms with Gasteiger partial charge >= 0.3 is 0 Å². The Morgan fingerprint density at radius 3 is 2.64 bits per heavy atom. The number of benzene rings is 2. The molecule has 1 aromatic heterocycles. The number of rotatable bonds is 5. The summed E-state index contributed by atoms with van der Waals surface area (Å²) >= 11 is 1.50. The minimum atomic E-state index is -0.288. The molecule has 4 rings (SSSR count). The van der Waals surface area contributed by atoms with E-state index in [9.17, 15) is 9.59 Å². The van der Waals surface area contributed by atoms with Crippen molar-refractivity contribution in [3.63, 3.8) is 0 Å². The van der Waals surface area contributed by atoms with Crippen LogP contribution in [0.5, 0.6) is 0 Å². The smallest absolute Gasteiger partial charge is 0.291 e. The molecule has 0 spiro atoms. The average Bonchev–Trinajstić information content (AvgIpc) is 3.28. The monoisotopic (exact) mass is 392 g/mol. The molecule has 2 heterocycles. The highest BCUT2D eigenvalue weighted by molar-refractivity contribution is 8.00. The molecule has 6 heteroatoms. The minimum Gasteiger partial charge on any atom is -0.459 e. The first-order valence-electron chi connectivity index (χ1n) is 9.17. The first kappa shape index (κ1) is 18.4. The van der Waals surface area contributed by atoms with Gasteiger partial charge in [-0.3, -0.25) is 9.59 Å². The van der Waals surface area contributed by atoms with Gasteiger partial charge in [-0.25, -0.2) is 0 Å². The molecule has 1 aliphatic heterocycles. The van der Waals surface area contributed by atoms with Gasteiger partial charge in [-0.15, -0.1) is 11.8 Å². The summed E-state index contributed by atoms with van der Waals surface area (Å²) in [6, 6.07) is 18.9. The van der Waals surface area contributed by atoms with Crippen LogP contribution in [0.1, 0.15) is 22.5 Å². The molecule has 0 radical (unpaired) electrons. The van der Waals surface area contributed by atoms with E-state index < -0.39 is 0 Å². The van der Waals surface area contributed by atoms with Crippen LogP contribution in [0, 0.1) is 0 Å². The molecule has 1 N–H and O–H groups in total. The molecule has 28 heavy (non-hydrogen) atoms. The van der Waals surface area contributed by atoms with Crippen LogP contribution in [0.4, 0.5) is 11.4 Å². The fraction of sp³-hybridized carbons (Fsp3) is 0.182. The van der Waals surface area contributed by atoms with Crippen molar-refractivity contribution in [3.05, 3.63) is 78.3 Å². The molecule has 142 valence electrons. The summed E-state index contributed by atoms with van der Waals surface area (Å²) < 4.78 is 5.08. The van der Waals surface area contributed by atoms with E-state index in [1.165, 1.54) is 23.6 Å². The third-order valence-electron chi connectivity index (χ3n) is 4.63. The number of aryl methyl sites for hydroxylation is 1. The third kappa shape index (κ3) is 4.12. The Kier molecular flexibility index (Phi) is 5.48. The lowest BCUT2D eigenvalue weighted by Crippen LogP contribution is -2.36. The van der Waals surface area contributed by atoms with Crippen LogP contribution in [0.2, 0.25) is 0 Å². The van der Waals surface area contributed by atoms with Gasteiger partial charge in [0.25, 0.3) is 5.91 Å². The zero-order valence-corrected chi connectivity index (χ0v) is 16.1. The van der Waals surface area contributed by atoms with Crippen LogP contribution in [0.25, 0.3) is 0 Å². The molecule has 0 unspecified atom stereocenters. The summed E-state index contributed by atoms with van der Waals surface area (Å²) in [5.74, 6) is 0.481. The molecule has 0 saturated heterocycles. The Hall–Kier alpha value is -2.99. The number of furan rings is 1. The molecule has 0 aliphatic carbocycles. The Morgan fingerprint density at radius 1 is 1.04 bits per heavy atom. The maximum absolute atomic E-state index is 12.7. The number of anilines is 2. The van der Waals surface area contributed by atoms with Crippen molar-refractivity contribution in [2.45, 2.75) is 17.7 Å². The molecule has 3 aromatic rings. The maximum Gasteiger partial charge on any atom is 0.291 e. The number of carbonyl (C=O) groups excluding carboxylic acids is 2. The van der Waals surface area contributed by atoms with Crippen LogP contribution >= 0.6 is 11.8 Å². The number of nitrogens with one attached hydrogen (secondary N) is 1. The highest BCUT2D eigenvalue weighted by Gasteiger charge is 2.21. The van der Waals surface area contributed by atoms with Crippen molar-refractivity contribution >= 4 is 35.0 Å². The first-order chi connectivity index (χ1) is 13.7. The SMILES string of the molecule is O=C(Nc1ccc(SCC(=O)N2CCCc3ccccc32)cc1)c1ccco1. The van der Waals surface area contributed by atoms with E-state index in [0.717, 1.165) is 30.0 Å². The number of thioether (sulfide) groups is 1. The highest BCUT2D eigenvalue weighted by atomic mass is 32.2. The standard InChI is InChI=1S/C22H20N2O3S/c25-21(24-13-3-6-16-5-1-2-7-19(16)24)15-28-18-11-9-17(10-12-18)23-22(26)20-8-4-14-27-20/h1-2,4-5,7-12,14H,3,6,13,15H2,(H,23,26). The number of fused-ring (bicyclic) bond motifs is 1. The minimum absolute atomic E-state index is 0.118. The van der Waals surface area contributed by atoms with E-state index in [-0.39, 0.29) is 17.6 Å². The number of para-hydroxylation sites is 1.